The Morgan fingerprint density at radius 3 is 2.59 bits per heavy atom. The summed E-state index contributed by atoms with van der Waals surface area (Å²) in [5.74, 6) is -1.15. The number of furan rings is 1. The van der Waals surface area contributed by atoms with Crippen LogP contribution in [0.2, 0.25) is 0 Å². The summed E-state index contributed by atoms with van der Waals surface area (Å²) in [6.45, 7) is 9.06. The van der Waals surface area contributed by atoms with Crippen LogP contribution in [0.5, 0.6) is 0 Å². The number of aromatic carboxylic acids is 1. The number of alkyl carbamates (subject to hydrolysis) is 1. The number of nitrogens with zero attached hydrogens (tertiary/aromatic N) is 2. The average Bonchev–Trinajstić information content (AvgIpc) is 2.90. The number of ether oxygens (including phenoxy) is 1. The van der Waals surface area contributed by atoms with Crippen molar-refractivity contribution in [1.29, 1.82) is 0 Å². The van der Waals surface area contributed by atoms with Gasteiger partial charge in [-0.15, -0.1) is 5.10 Å². The second-order valence-corrected chi connectivity index (χ2v) is 7.44. The van der Waals surface area contributed by atoms with E-state index in [2.05, 4.69) is 15.5 Å². The van der Waals surface area contributed by atoms with Gasteiger partial charge in [-0.3, -0.25) is 0 Å². The third kappa shape index (κ3) is 3.69. The van der Waals surface area contributed by atoms with Gasteiger partial charge >= 0.3 is 12.1 Å². The fourth-order valence-corrected chi connectivity index (χ4v) is 2.88. The number of nitrogens with one attached hydrogen (secondary N) is 1. The predicted molar refractivity (Wildman–Crippen MR) is 98.8 cm³/mol. The maximum Gasteiger partial charge on any atom is 0.408 e. The molecule has 1 aromatic carbocycles. The van der Waals surface area contributed by atoms with Gasteiger partial charge in [-0.2, -0.15) is 5.10 Å². The van der Waals surface area contributed by atoms with Crippen LogP contribution in [0.1, 0.15) is 55.2 Å². The zero-order valence-corrected chi connectivity index (χ0v) is 15.8. The van der Waals surface area contributed by atoms with Crippen LogP contribution in [0.3, 0.4) is 0 Å². The van der Waals surface area contributed by atoms with Crippen molar-refractivity contribution in [2.45, 2.75) is 46.3 Å². The van der Waals surface area contributed by atoms with Crippen molar-refractivity contribution in [2.24, 2.45) is 0 Å². The van der Waals surface area contributed by atoms with E-state index in [4.69, 9.17) is 9.15 Å². The predicted octanol–water partition coefficient (Wildman–Crippen LogP) is 3.97. The third-order valence-electron chi connectivity index (χ3n) is 3.96. The van der Waals surface area contributed by atoms with Gasteiger partial charge in [0.25, 0.3) is 0 Å². The van der Waals surface area contributed by atoms with Crippen molar-refractivity contribution in [3.63, 3.8) is 0 Å². The molecule has 1 amide bonds. The summed E-state index contributed by atoms with van der Waals surface area (Å²) in [6, 6.07) is 3.30. The lowest BCUT2D eigenvalue weighted by Crippen LogP contribution is -2.34. The second-order valence-electron chi connectivity index (χ2n) is 7.44. The van der Waals surface area contributed by atoms with E-state index in [1.165, 1.54) is 0 Å². The van der Waals surface area contributed by atoms with Crippen molar-refractivity contribution in [1.82, 2.24) is 15.5 Å². The van der Waals surface area contributed by atoms with Crippen molar-refractivity contribution in [3.05, 3.63) is 35.0 Å². The SMILES string of the molecule is Cc1cc([C@@H](C)NC(=O)OC(C)(C)C)c2oc3c(C(=O)O)cnnc3c2c1. The molecule has 0 bridgehead atoms. The summed E-state index contributed by atoms with van der Waals surface area (Å²) < 4.78 is 11.2. The minimum absolute atomic E-state index is 0.0624. The summed E-state index contributed by atoms with van der Waals surface area (Å²) >= 11 is 0. The molecule has 0 aliphatic carbocycles. The molecule has 0 aliphatic rings. The van der Waals surface area contributed by atoms with Gasteiger partial charge in [0.05, 0.1) is 12.2 Å². The number of rotatable bonds is 3. The van der Waals surface area contributed by atoms with Gasteiger partial charge in [0.15, 0.2) is 5.58 Å². The Hall–Kier alpha value is -3.16. The monoisotopic (exact) mass is 371 g/mol. The van der Waals surface area contributed by atoms with Gasteiger partial charge < -0.3 is 19.6 Å². The van der Waals surface area contributed by atoms with Crippen LogP contribution in [0.4, 0.5) is 4.79 Å². The quantitative estimate of drug-likeness (QED) is 0.716. The van der Waals surface area contributed by atoms with Crippen LogP contribution >= 0.6 is 0 Å². The van der Waals surface area contributed by atoms with E-state index >= 15 is 0 Å². The Labute approximate surface area is 155 Å². The summed E-state index contributed by atoms with van der Waals surface area (Å²) in [5.41, 5.74) is 1.93. The number of fused-ring (bicyclic) bond motifs is 3. The molecule has 27 heavy (non-hydrogen) atoms. The Balaban J connectivity index is 2.10. The zero-order chi connectivity index (χ0) is 19.9. The maximum atomic E-state index is 12.1. The van der Waals surface area contributed by atoms with Crippen LogP contribution in [0.25, 0.3) is 22.1 Å². The zero-order valence-electron chi connectivity index (χ0n) is 15.8. The number of benzene rings is 1. The van der Waals surface area contributed by atoms with Crippen molar-refractivity contribution >= 4 is 34.1 Å². The van der Waals surface area contributed by atoms with Gasteiger partial charge in [-0.1, -0.05) is 6.07 Å². The van der Waals surface area contributed by atoms with Crippen LogP contribution in [-0.2, 0) is 4.74 Å². The highest BCUT2D eigenvalue weighted by Gasteiger charge is 2.23. The first-order valence-electron chi connectivity index (χ1n) is 8.48. The molecule has 0 spiro atoms. The van der Waals surface area contributed by atoms with E-state index < -0.39 is 23.7 Å². The first-order chi connectivity index (χ1) is 12.6. The topological polar surface area (TPSA) is 115 Å². The summed E-state index contributed by atoms with van der Waals surface area (Å²) in [7, 11) is 0. The minimum atomic E-state index is -1.15. The summed E-state index contributed by atoms with van der Waals surface area (Å²) in [5, 5.41) is 20.6. The minimum Gasteiger partial charge on any atom is -0.477 e. The number of hydrogen-bond acceptors (Lipinski definition) is 6. The number of amides is 1. The van der Waals surface area contributed by atoms with E-state index in [0.717, 1.165) is 11.8 Å². The standard InChI is InChI=1S/C19H21N3O5/c1-9-6-11(10(2)21-18(25)27-19(3,4)5)15-12(7-9)14-16(26-15)13(17(23)24)8-20-22-14/h6-8,10H,1-5H3,(H,21,25)(H,23,24)/t10-/m1/s1. The highest BCUT2D eigenvalue weighted by molar-refractivity contribution is 6.10. The van der Waals surface area contributed by atoms with Gasteiger partial charge in [0.1, 0.15) is 22.3 Å². The van der Waals surface area contributed by atoms with Gasteiger partial charge in [-0.25, -0.2) is 9.59 Å². The normalized spacial score (nSPS) is 12.9. The molecule has 0 saturated carbocycles. The molecule has 8 heteroatoms. The average molecular weight is 371 g/mol. The Morgan fingerprint density at radius 1 is 1.26 bits per heavy atom. The van der Waals surface area contributed by atoms with Gasteiger partial charge in [-0.05, 0) is 46.2 Å². The maximum absolute atomic E-state index is 12.1. The van der Waals surface area contributed by atoms with Gasteiger partial charge in [0, 0.05) is 10.9 Å². The highest BCUT2D eigenvalue weighted by Crippen LogP contribution is 2.34. The highest BCUT2D eigenvalue weighted by atomic mass is 16.6. The molecule has 3 rings (SSSR count). The number of aryl methyl sites for hydroxylation is 1. The molecule has 0 aliphatic heterocycles. The van der Waals surface area contributed by atoms with Crippen LogP contribution in [0.15, 0.2) is 22.7 Å². The largest absolute Gasteiger partial charge is 0.477 e. The van der Waals surface area contributed by atoms with E-state index in [9.17, 15) is 14.7 Å². The Bertz CT molecular complexity index is 1050. The van der Waals surface area contributed by atoms with Crippen molar-refractivity contribution < 1.29 is 23.8 Å². The Kier molecular flexibility index (Phi) is 4.51. The smallest absolute Gasteiger partial charge is 0.408 e. The first-order valence-corrected chi connectivity index (χ1v) is 8.48. The second kappa shape index (κ2) is 6.53. The fraction of sp³-hybridized carbons (Fsp3) is 0.368. The van der Waals surface area contributed by atoms with Crippen LogP contribution in [-0.4, -0.2) is 33.0 Å². The number of carbonyl (C=O) groups excluding carboxylic acids is 1. The molecule has 8 nitrogen and oxygen atoms in total. The lowest BCUT2D eigenvalue weighted by atomic mass is 10.0. The van der Waals surface area contributed by atoms with E-state index in [1.807, 2.05) is 19.1 Å². The summed E-state index contributed by atoms with van der Waals surface area (Å²) in [4.78, 5) is 23.6. The fourth-order valence-electron chi connectivity index (χ4n) is 2.88. The number of carboxylic acids is 1. The van der Waals surface area contributed by atoms with Crippen LogP contribution in [0, 0.1) is 6.92 Å². The first kappa shape index (κ1) is 18.6. The lowest BCUT2D eigenvalue weighted by Gasteiger charge is -2.22. The van der Waals surface area contributed by atoms with Crippen LogP contribution < -0.4 is 5.32 Å². The van der Waals surface area contributed by atoms with E-state index in [-0.39, 0.29) is 11.1 Å². The molecule has 2 heterocycles. The molecule has 3 aromatic rings. The third-order valence-corrected chi connectivity index (χ3v) is 3.96. The molecule has 2 aromatic heterocycles. The number of carboxylic acid groups (broad SMARTS) is 1. The number of carbonyl (C=O) groups is 2. The molecule has 0 radical (unpaired) electrons. The molecule has 1 atom stereocenters. The van der Waals surface area contributed by atoms with Crippen molar-refractivity contribution in [2.75, 3.05) is 0 Å². The lowest BCUT2D eigenvalue weighted by molar-refractivity contribution is 0.0507. The molecular weight excluding hydrogens is 350 g/mol. The van der Waals surface area contributed by atoms with E-state index in [0.29, 0.717) is 22.0 Å². The molecule has 142 valence electrons. The number of aromatic nitrogens is 2. The molecule has 2 N–H and O–H groups in total. The Morgan fingerprint density at radius 2 is 1.96 bits per heavy atom. The molecule has 0 unspecified atom stereocenters. The molecular formula is C19H21N3O5. The van der Waals surface area contributed by atoms with Crippen molar-refractivity contribution in [3.8, 4) is 0 Å². The summed E-state index contributed by atoms with van der Waals surface area (Å²) in [6.07, 6.45) is 0.605. The van der Waals surface area contributed by atoms with E-state index in [1.54, 1.807) is 27.7 Å². The van der Waals surface area contributed by atoms with Gasteiger partial charge in [0.2, 0.25) is 0 Å². The molecule has 0 saturated heterocycles. The number of hydrogen-bond donors (Lipinski definition) is 2. The molecule has 0 fully saturated rings.